The fourth-order valence-corrected chi connectivity index (χ4v) is 3.74. The minimum absolute atomic E-state index is 0.177. The largest absolute Gasteiger partial charge is 0.497 e. The van der Waals surface area contributed by atoms with Crippen molar-refractivity contribution in [3.63, 3.8) is 0 Å². The highest BCUT2D eigenvalue weighted by atomic mass is 35.5. The Bertz CT molecular complexity index is 1270. The van der Waals surface area contributed by atoms with Crippen LogP contribution in [0, 0.1) is 0 Å². The highest BCUT2D eigenvalue weighted by molar-refractivity contribution is 6.30. The number of ether oxygens (including phenoxy) is 1. The Morgan fingerprint density at radius 1 is 0.875 bits per heavy atom. The van der Waals surface area contributed by atoms with Gasteiger partial charge in [0.2, 0.25) is 0 Å². The molecule has 0 aliphatic heterocycles. The molecule has 160 valence electrons. The van der Waals surface area contributed by atoms with Gasteiger partial charge in [0.05, 0.1) is 19.3 Å². The van der Waals surface area contributed by atoms with Crippen LogP contribution in [0.5, 0.6) is 5.75 Å². The van der Waals surface area contributed by atoms with Gasteiger partial charge >= 0.3 is 0 Å². The van der Waals surface area contributed by atoms with Crippen molar-refractivity contribution in [1.82, 2.24) is 9.55 Å². The number of aromatic nitrogens is 2. The summed E-state index contributed by atoms with van der Waals surface area (Å²) in [5, 5.41) is 0.328. The number of hydrogen-bond acceptors (Lipinski definition) is 3. The molecule has 0 unspecified atom stereocenters. The van der Waals surface area contributed by atoms with Gasteiger partial charge in [-0.1, -0.05) is 90.5 Å². The Balaban J connectivity index is 1.77. The monoisotopic (exact) mass is 442 g/mol. The van der Waals surface area contributed by atoms with E-state index in [0.29, 0.717) is 29.5 Å². The fourth-order valence-electron chi connectivity index (χ4n) is 3.48. The standard InChI is InChI=1S/C27H23ClN2O2/c1-32-23-15-12-22(13-16-23)19-30-25(18-21-10-6-3-7-11-21)26(28)29-24(27(30)31)17-14-20-8-4-2-5-9-20/h2-17H,18-19H2,1H3/b17-14+. The average Bonchev–Trinajstić information content (AvgIpc) is 2.84. The van der Waals surface area contributed by atoms with Gasteiger partial charge in [-0.25, -0.2) is 4.98 Å². The summed E-state index contributed by atoms with van der Waals surface area (Å²) in [6.07, 6.45) is 4.11. The third kappa shape index (κ3) is 5.16. The molecule has 0 aliphatic rings. The predicted molar refractivity (Wildman–Crippen MR) is 130 cm³/mol. The molecule has 4 aromatic rings. The maximum absolute atomic E-state index is 13.4. The number of rotatable bonds is 7. The number of benzene rings is 3. The third-order valence-corrected chi connectivity index (χ3v) is 5.50. The molecule has 0 fully saturated rings. The maximum atomic E-state index is 13.4. The van der Waals surface area contributed by atoms with Crippen LogP contribution in [0.25, 0.3) is 12.2 Å². The van der Waals surface area contributed by atoms with E-state index in [9.17, 15) is 4.79 Å². The summed E-state index contributed by atoms with van der Waals surface area (Å²) < 4.78 is 6.97. The zero-order valence-corrected chi connectivity index (χ0v) is 18.5. The molecule has 4 rings (SSSR count). The number of methoxy groups -OCH3 is 1. The van der Waals surface area contributed by atoms with Crippen LogP contribution in [-0.2, 0) is 13.0 Å². The van der Waals surface area contributed by atoms with Gasteiger partial charge in [0.25, 0.3) is 5.56 Å². The molecule has 0 saturated heterocycles. The SMILES string of the molecule is COc1ccc(Cn2c(Cc3ccccc3)c(Cl)nc(/C=C/c3ccccc3)c2=O)cc1. The van der Waals surface area contributed by atoms with E-state index in [4.69, 9.17) is 16.3 Å². The van der Waals surface area contributed by atoms with Gasteiger partial charge < -0.3 is 9.30 Å². The normalized spacial score (nSPS) is 11.1. The van der Waals surface area contributed by atoms with Gasteiger partial charge in [-0.3, -0.25) is 4.79 Å². The smallest absolute Gasteiger partial charge is 0.277 e. The lowest BCUT2D eigenvalue weighted by atomic mass is 10.1. The van der Waals surface area contributed by atoms with Crippen LogP contribution in [0.15, 0.2) is 89.7 Å². The predicted octanol–water partition coefficient (Wildman–Crippen LogP) is 5.71. The van der Waals surface area contributed by atoms with E-state index in [2.05, 4.69) is 4.98 Å². The van der Waals surface area contributed by atoms with Gasteiger partial charge in [0, 0.05) is 6.42 Å². The first-order chi connectivity index (χ1) is 15.6. The van der Waals surface area contributed by atoms with Crippen molar-refractivity contribution in [3.8, 4) is 5.75 Å². The first kappa shape index (κ1) is 21.6. The lowest BCUT2D eigenvalue weighted by molar-refractivity contribution is 0.414. The van der Waals surface area contributed by atoms with E-state index >= 15 is 0 Å². The van der Waals surface area contributed by atoms with Crippen LogP contribution in [0.1, 0.15) is 28.1 Å². The summed E-state index contributed by atoms with van der Waals surface area (Å²) in [5.74, 6) is 0.768. The van der Waals surface area contributed by atoms with E-state index in [0.717, 1.165) is 22.4 Å². The zero-order chi connectivity index (χ0) is 22.3. The Morgan fingerprint density at radius 3 is 2.19 bits per heavy atom. The van der Waals surface area contributed by atoms with Crippen molar-refractivity contribution >= 4 is 23.8 Å². The van der Waals surface area contributed by atoms with Gasteiger partial charge in [0.15, 0.2) is 0 Å². The van der Waals surface area contributed by atoms with Crippen molar-refractivity contribution < 1.29 is 4.74 Å². The minimum Gasteiger partial charge on any atom is -0.497 e. The quantitative estimate of drug-likeness (QED) is 0.368. The second kappa shape index (κ2) is 10.1. The van der Waals surface area contributed by atoms with Crippen LogP contribution in [0.3, 0.4) is 0 Å². The molecule has 4 nitrogen and oxygen atoms in total. The van der Waals surface area contributed by atoms with Crippen LogP contribution in [0.4, 0.5) is 0 Å². The van der Waals surface area contributed by atoms with Crippen LogP contribution >= 0.6 is 11.6 Å². The molecule has 1 heterocycles. The second-order valence-corrected chi connectivity index (χ2v) is 7.74. The average molecular weight is 443 g/mol. The van der Waals surface area contributed by atoms with Crippen molar-refractivity contribution in [3.05, 3.63) is 129 Å². The Kier molecular flexibility index (Phi) is 6.83. The van der Waals surface area contributed by atoms with Crippen LogP contribution < -0.4 is 10.3 Å². The highest BCUT2D eigenvalue weighted by Crippen LogP contribution is 2.20. The minimum atomic E-state index is -0.177. The number of halogens is 1. The summed E-state index contributed by atoms with van der Waals surface area (Å²) in [4.78, 5) is 17.9. The van der Waals surface area contributed by atoms with Gasteiger partial charge in [-0.15, -0.1) is 0 Å². The van der Waals surface area contributed by atoms with Gasteiger partial charge in [-0.2, -0.15) is 0 Å². The lowest BCUT2D eigenvalue weighted by Crippen LogP contribution is -2.28. The van der Waals surface area contributed by atoms with E-state index < -0.39 is 0 Å². The van der Waals surface area contributed by atoms with E-state index in [1.807, 2.05) is 91.0 Å². The van der Waals surface area contributed by atoms with Gasteiger partial charge in [-0.05, 0) is 34.9 Å². The first-order valence-electron chi connectivity index (χ1n) is 10.3. The van der Waals surface area contributed by atoms with E-state index in [-0.39, 0.29) is 5.56 Å². The number of hydrogen-bond donors (Lipinski definition) is 0. The van der Waals surface area contributed by atoms with Crippen LogP contribution in [-0.4, -0.2) is 16.7 Å². The molecule has 0 amide bonds. The molecule has 32 heavy (non-hydrogen) atoms. The first-order valence-corrected chi connectivity index (χ1v) is 10.7. The topological polar surface area (TPSA) is 44.1 Å². The fraction of sp³-hybridized carbons (Fsp3) is 0.111. The maximum Gasteiger partial charge on any atom is 0.277 e. The number of nitrogens with zero attached hydrogens (tertiary/aromatic N) is 2. The molecular weight excluding hydrogens is 420 g/mol. The zero-order valence-electron chi connectivity index (χ0n) is 17.7. The van der Waals surface area contributed by atoms with Crippen molar-refractivity contribution in [2.45, 2.75) is 13.0 Å². The van der Waals surface area contributed by atoms with Gasteiger partial charge in [0.1, 0.15) is 16.6 Å². The Hall–Kier alpha value is -3.63. The van der Waals surface area contributed by atoms with Crippen LogP contribution in [0.2, 0.25) is 5.15 Å². The van der Waals surface area contributed by atoms with Crippen molar-refractivity contribution in [2.75, 3.05) is 7.11 Å². The molecule has 3 aromatic carbocycles. The van der Waals surface area contributed by atoms with E-state index in [1.54, 1.807) is 17.8 Å². The summed E-state index contributed by atoms with van der Waals surface area (Å²) in [6, 6.07) is 27.4. The third-order valence-electron chi connectivity index (χ3n) is 5.19. The molecule has 0 atom stereocenters. The molecule has 0 radical (unpaired) electrons. The molecule has 0 saturated carbocycles. The molecule has 5 heteroatoms. The molecule has 1 aromatic heterocycles. The summed E-state index contributed by atoms with van der Waals surface area (Å²) in [7, 11) is 1.63. The van der Waals surface area contributed by atoms with Crippen molar-refractivity contribution in [1.29, 1.82) is 0 Å². The molecule has 0 spiro atoms. The second-order valence-electron chi connectivity index (χ2n) is 7.38. The van der Waals surface area contributed by atoms with Crippen molar-refractivity contribution in [2.24, 2.45) is 0 Å². The molecular formula is C27H23ClN2O2. The summed E-state index contributed by atoms with van der Waals surface area (Å²) in [6.45, 7) is 0.388. The molecule has 0 bridgehead atoms. The van der Waals surface area contributed by atoms with E-state index in [1.165, 1.54) is 0 Å². The molecule has 0 aliphatic carbocycles. The summed E-state index contributed by atoms with van der Waals surface area (Å²) >= 11 is 6.63. The Morgan fingerprint density at radius 2 is 1.53 bits per heavy atom. The lowest BCUT2D eigenvalue weighted by Gasteiger charge is -2.16. The molecule has 0 N–H and O–H groups in total. The highest BCUT2D eigenvalue weighted by Gasteiger charge is 2.15. The summed E-state index contributed by atoms with van der Waals surface area (Å²) in [5.41, 5.74) is 3.84. The Labute approximate surface area is 192 Å².